The number of aliphatic hydroxyl groups is 2. The van der Waals surface area contributed by atoms with E-state index in [2.05, 4.69) is 11.3 Å². The molecule has 0 fully saturated rings. The average Bonchev–Trinajstić information content (AvgIpc) is 2.31. The zero-order chi connectivity index (χ0) is 12.4. The number of aliphatic hydroxyl groups excluding tert-OH is 2. The van der Waals surface area contributed by atoms with Crippen LogP contribution in [0.3, 0.4) is 0 Å². The number of ether oxygens (including phenoxy) is 4. The summed E-state index contributed by atoms with van der Waals surface area (Å²) in [5, 5.41) is 18.9. The normalized spacial score (nSPS) is 16.8. The Hall–Kier alpha value is -0.500. The molecular weight excluding hydrogens is 216 g/mol. The molecule has 6 heteroatoms. The minimum absolute atomic E-state index is 0.0174. The van der Waals surface area contributed by atoms with E-state index in [1.54, 1.807) is 0 Å². The highest BCUT2D eigenvalue weighted by Crippen LogP contribution is 2.09. The van der Waals surface area contributed by atoms with Crippen LogP contribution in [-0.4, -0.2) is 62.9 Å². The first-order valence-electron chi connectivity index (χ1n) is 4.83. The lowest BCUT2D eigenvalue weighted by molar-refractivity contribution is -0.166. The standard InChI is InChI=1S/C10H20O6/c1-4-8(15-6-13-2)10(12)9(5-11)16-7-14-3/h4,8-12H,1,5-7H2,2-3H3/t8-,9-,10+/m1/s1. The Morgan fingerprint density at radius 3 is 2.19 bits per heavy atom. The van der Waals surface area contributed by atoms with Crippen molar-refractivity contribution >= 4 is 0 Å². The van der Waals surface area contributed by atoms with Crippen LogP contribution >= 0.6 is 0 Å². The van der Waals surface area contributed by atoms with Crippen LogP contribution < -0.4 is 0 Å². The lowest BCUT2D eigenvalue weighted by Crippen LogP contribution is -2.42. The maximum Gasteiger partial charge on any atom is 0.147 e. The molecule has 16 heavy (non-hydrogen) atoms. The quantitative estimate of drug-likeness (QED) is 0.393. The smallest absolute Gasteiger partial charge is 0.147 e. The summed E-state index contributed by atoms with van der Waals surface area (Å²) >= 11 is 0. The number of hydrogen-bond acceptors (Lipinski definition) is 6. The monoisotopic (exact) mass is 236 g/mol. The first-order chi connectivity index (χ1) is 7.71. The van der Waals surface area contributed by atoms with E-state index in [9.17, 15) is 5.11 Å². The Morgan fingerprint density at radius 2 is 1.75 bits per heavy atom. The highest BCUT2D eigenvalue weighted by atomic mass is 16.7. The van der Waals surface area contributed by atoms with Gasteiger partial charge in [-0.15, -0.1) is 6.58 Å². The summed E-state index contributed by atoms with van der Waals surface area (Å²) in [6, 6.07) is 0. The van der Waals surface area contributed by atoms with Gasteiger partial charge in [0.25, 0.3) is 0 Å². The molecule has 3 atom stereocenters. The van der Waals surface area contributed by atoms with Crippen molar-refractivity contribution in [1.29, 1.82) is 0 Å². The van der Waals surface area contributed by atoms with E-state index in [-0.39, 0.29) is 20.2 Å². The Bertz CT molecular complexity index is 175. The first kappa shape index (κ1) is 15.5. The van der Waals surface area contributed by atoms with Crippen molar-refractivity contribution in [3.63, 3.8) is 0 Å². The van der Waals surface area contributed by atoms with E-state index >= 15 is 0 Å². The molecule has 2 N–H and O–H groups in total. The zero-order valence-electron chi connectivity index (χ0n) is 9.67. The molecule has 0 unspecified atom stereocenters. The second-order valence-corrected chi connectivity index (χ2v) is 3.06. The van der Waals surface area contributed by atoms with E-state index in [4.69, 9.17) is 19.3 Å². The van der Waals surface area contributed by atoms with Crippen LogP contribution in [0.4, 0.5) is 0 Å². The molecule has 0 radical (unpaired) electrons. The summed E-state index contributed by atoms with van der Waals surface area (Å²) in [5.41, 5.74) is 0. The highest BCUT2D eigenvalue weighted by Gasteiger charge is 2.26. The molecule has 0 rings (SSSR count). The predicted molar refractivity (Wildman–Crippen MR) is 56.8 cm³/mol. The second-order valence-electron chi connectivity index (χ2n) is 3.06. The third-order valence-corrected chi connectivity index (χ3v) is 1.91. The van der Waals surface area contributed by atoms with Crippen LogP contribution in [0.1, 0.15) is 0 Å². The third-order valence-electron chi connectivity index (χ3n) is 1.91. The summed E-state index contributed by atoms with van der Waals surface area (Å²) in [6.45, 7) is 3.19. The molecular formula is C10H20O6. The van der Waals surface area contributed by atoms with Gasteiger partial charge in [0, 0.05) is 14.2 Å². The molecule has 0 aliphatic heterocycles. The fourth-order valence-corrected chi connectivity index (χ4v) is 1.08. The maximum absolute atomic E-state index is 9.83. The van der Waals surface area contributed by atoms with Crippen molar-refractivity contribution in [3.8, 4) is 0 Å². The van der Waals surface area contributed by atoms with Crippen LogP contribution in [0.5, 0.6) is 0 Å². The van der Waals surface area contributed by atoms with Crippen molar-refractivity contribution in [2.24, 2.45) is 0 Å². The molecule has 96 valence electrons. The van der Waals surface area contributed by atoms with Gasteiger partial charge < -0.3 is 29.2 Å². The molecule has 0 heterocycles. The van der Waals surface area contributed by atoms with Crippen molar-refractivity contribution in [1.82, 2.24) is 0 Å². The molecule has 0 saturated heterocycles. The van der Waals surface area contributed by atoms with Crippen molar-refractivity contribution in [2.45, 2.75) is 18.3 Å². The SMILES string of the molecule is C=C[C@@H](OCOC)[C@H](O)[C@@H](CO)OCOC. The average molecular weight is 236 g/mol. The van der Waals surface area contributed by atoms with E-state index in [1.165, 1.54) is 20.3 Å². The van der Waals surface area contributed by atoms with Crippen LogP contribution in [0.15, 0.2) is 12.7 Å². The number of hydrogen-bond donors (Lipinski definition) is 2. The van der Waals surface area contributed by atoms with E-state index in [0.29, 0.717) is 0 Å². The topological polar surface area (TPSA) is 77.4 Å². The van der Waals surface area contributed by atoms with Gasteiger partial charge in [-0.25, -0.2) is 0 Å². The zero-order valence-corrected chi connectivity index (χ0v) is 9.67. The largest absolute Gasteiger partial charge is 0.394 e. The number of methoxy groups -OCH3 is 2. The van der Waals surface area contributed by atoms with Gasteiger partial charge in [-0.3, -0.25) is 0 Å². The molecule has 6 nitrogen and oxygen atoms in total. The maximum atomic E-state index is 9.83. The Morgan fingerprint density at radius 1 is 1.19 bits per heavy atom. The summed E-state index contributed by atoms with van der Waals surface area (Å²) in [7, 11) is 2.92. The Balaban J connectivity index is 4.19. The van der Waals surface area contributed by atoms with Gasteiger partial charge in [-0.05, 0) is 0 Å². The van der Waals surface area contributed by atoms with Crippen molar-refractivity contribution < 1.29 is 29.2 Å². The van der Waals surface area contributed by atoms with Gasteiger partial charge in [0.2, 0.25) is 0 Å². The van der Waals surface area contributed by atoms with Gasteiger partial charge in [-0.2, -0.15) is 0 Å². The van der Waals surface area contributed by atoms with E-state index < -0.39 is 18.3 Å². The fraction of sp³-hybridized carbons (Fsp3) is 0.800. The summed E-state index contributed by atoms with van der Waals surface area (Å²) in [6.07, 6.45) is -1.08. The molecule has 0 spiro atoms. The van der Waals surface area contributed by atoms with Gasteiger partial charge in [0.05, 0.1) is 6.61 Å². The Kier molecular flexibility index (Phi) is 9.40. The van der Waals surface area contributed by atoms with Crippen LogP contribution in [-0.2, 0) is 18.9 Å². The van der Waals surface area contributed by atoms with Gasteiger partial charge in [0.1, 0.15) is 31.9 Å². The molecule has 0 aliphatic rings. The highest BCUT2D eigenvalue weighted by molar-refractivity contribution is 4.89. The minimum Gasteiger partial charge on any atom is -0.394 e. The van der Waals surface area contributed by atoms with Crippen LogP contribution in [0.25, 0.3) is 0 Å². The lowest BCUT2D eigenvalue weighted by Gasteiger charge is -2.26. The van der Waals surface area contributed by atoms with Crippen molar-refractivity contribution in [3.05, 3.63) is 12.7 Å². The van der Waals surface area contributed by atoms with Crippen LogP contribution in [0.2, 0.25) is 0 Å². The van der Waals surface area contributed by atoms with Gasteiger partial charge in [-0.1, -0.05) is 6.08 Å². The molecule has 0 aromatic heterocycles. The number of rotatable bonds is 10. The van der Waals surface area contributed by atoms with Gasteiger partial charge in [0.15, 0.2) is 0 Å². The Labute approximate surface area is 95.4 Å². The van der Waals surface area contributed by atoms with Crippen LogP contribution in [0, 0.1) is 0 Å². The molecule has 0 bridgehead atoms. The summed E-state index contributed by atoms with van der Waals surface area (Å²) in [4.78, 5) is 0. The molecule has 0 amide bonds. The third kappa shape index (κ3) is 5.55. The fourth-order valence-electron chi connectivity index (χ4n) is 1.08. The predicted octanol–water partition coefficient (Wildman–Crippen LogP) is -0.496. The minimum atomic E-state index is -1.03. The molecule has 0 aromatic carbocycles. The lowest BCUT2D eigenvalue weighted by atomic mass is 10.1. The van der Waals surface area contributed by atoms with E-state index in [0.717, 1.165) is 0 Å². The second kappa shape index (κ2) is 9.71. The molecule has 0 aliphatic carbocycles. The summed E-state index contributed by atoms with van der Waals surface area (Å²) < 4.78 is 19.6. The molecule has 0 aromatic rings. The molecule has 0 saturated carbocycles. The van der Waals surface area contributed by atoms with Gasteiger partial charge >= 0.3 is 0 Å². The summed E-state index contributed by atoms with van der Waals surface area (Å²) in [5.74, 6) is 0. The first-order valence-corrected chi connectivity index (χ1v) is 4.83. The van der Waals surface area contributed by atoms with E-state index in [1.807, 2.05) is 0 Å². The van der Waals surface area contributed by atoms with Crippen molar-refractivity contribution in [2.75, 3.05) is 34.4 Å².